The van der Waals surface area contributed by atoms with Gasteiger partial charge in [-0.3, -0.25) is 14.7 Å². The zero-order valence-corrected chi connectivity index (χ0v) is 6.65. The Morgan fingerprint density at radius 1 is 1.23 bits per heavy atom. The molecule has 1 aromatic heterocycles. The molecule has 0 spiro atoms. The fourth-order valence-corrected chi connectivity index (χ4v) is 1.21. The number of rotatable bonds is 2. The van der Waals surface area contributed by atoms with Gasteiger partial charge in [-0.15, -0.1) is 0 Å². The molecule has 0 aliphatic carbocycles. The summed E-state index contributed by atoms with van der Waals surface area (Å²) in [6.45, 7) is 0. The SMILES string of the molecule is O=Cc1ccc2c(C=O)[nH]nc2c1. The van der Waals surface area contributed by atoms with E-state index >= 15 is 0 Å². The summed E-state index contributed by atoms with van der Waals surface area (Å²) in [5.74, 6) is 0. The molecule has 1 N–H and O–H groups in total. The van der Waals surface area contributed by atoms with E-state index in [1.54, 1.807) is 18.2 Å². The van der Waals surface area contributed by atoms with Crippen molar-refractivity contribution in [1.29, 1.82) is 0 Å². The number of hydrogen-bond acceptors (Lipinski definition) is 3. The van der Waals surface area contributed by atoms with E-state index in [9.17, 15) is 9.59 Å². The first-order valence-electron chi connectivity index (χ1n) is 3.73. The van der Waals surface area contributed by atoms with E-state index in [1.165, 1.54) is 0 Å². The summed E-state index contributed by atoms with van der Waals surface area (Å²) in [5.41, 5.74) is 1.62. The molecule has 2 rings (SSSR count). The van der Waals surface area contributed by atoms with Crippen LogP contribution in [0.1, 0.15) is 20.8 Å². The maximum absolute atomic E-state index is 10.5. The van der Waals surface area contributed by atoms with Crippen molar-refractivity contribution in [3.63, 3.8) is 0 Å². The molecule has 0 radical (unpaired) electrons. The van der Waals surface area contributed by atoms with Crippen LogP contribution < -0.4 is 0 Å². The van der Waals surface area contributed by atoms with Crippen molar-refractivity contribution in [2.75, 3.05) is 0 Å². The lowest BCUT2D eigenvalue weighted by Gasteiger charge is -1.89. The van der Waals surface area contributed by atoms with Gasteiger partial charge >= 0.3 is 0 Å². The van der Waals surface area contributed by atoms with Gasteiger partial charge < -0.3 is 0 Å². The summed E-state index contributed by atoms with van der Waals surface area (Å²) in [6, 6.07) is 4.98. The van der Waals surface area contributed by atoms with E-state index in [1.807, 2.05) is 0 Å². The molecule has 1 heterocycles. The quantitative estimate of drug-likeness (QED) is 0.695. The van der Waals surface area contributed by atoms with Gasteiger partial charge in [0.15, 0.2) is 6.29 Å². The van der Waals surface area contributed by atoms with Crippen LogP contribution in [0.25, 0.3) is 10.9 Å². The van der Waals surface area contributed by atoms with E-state index in [-0.39, 0.29) is 0 Å². The second kappa shape index (κ2) is 2.82. The van der Waals surface area contributed by atoms with Gasteiger partial charge in [-0.2, -0.15) is 5.10 Å². The minimum absolute atomic E-state index is 0.437. The van der Waals surface area contributed by atoms with Gasteiger partial charge in [-0.05, 0) is 12.1 Å². The number of aromatic nitrogens is 2. The van der Waals surface area contributed by atoms with Crippen LogP contribution in [-0.4, -0.2) is 22.8 Å². The van der Waals surface area contributed by atoms with E-state index in [0.29, 0.717) is 23.1 Å². The number of aromatic amines is 1. The Morgan fingerprint density at radius 2 is 2.08 bits per heavy atom. The lowest BCUT2D eigenvalue weighted by molar-refractivity contribution is 0.111. The molecule has 2 aromatic rings. The van der Waals surface area contributed by atoms with Gasteiger partial charge in [-0.1, -0.05) is 6.07 Å². The Morgan fingerprint density at radius 3 is 2.77 bits per heavy atom. The van der Waals surface area contributed by atoms with Gasteiger partial charge in [-0.25, -0.2) is 0 Å². The van der Waals surface area contributed by atoms with Crippen molar-refractivity contribution in [3.05, 3.63) is 29.5 Å². The summed E-state index contributed by atoms with van der Waals surface area (Å²) in [6.07, 6.45) is 1.45. The first-order chi connectivity index (χ1) is 6.35. The average Bonchev–Trinajstić information content (AvgIpc) is 2.59. The van der Waals surface area contributed by atoms with Crippen molar-refractivity contribution in [1.82, 2.24) is 10.2 Å². The zero-order valence-electron chi connectivity index (χ0n) is 6.65. The summed E-state index contributed by atoms with van der Waals surface area (Å²) in [7, 11) is 0. The predicted molar refractivity (Wildman–Crippen MR) is 46.9 cm³/mol. The first-order valence-corrected chi connectivity index (χ1v) is 3.73. The highest BCUT2D eigenvalue weighted by Crippen LogP contribution is 2.15. The third-order valence-electron chi connectivity index (χ3n) is 1.86. The molecular weight excluding hydrogens is 168 g/mol. The molecule has 0 aliphatic rings. The molecule has 0 saturated heterocycles. The smallest absolute Gasteiger partial charge is 0.168 e. The number of aldehydes is 2. The minimum Gasteiger partial charge on any atom is -0.298 e. The van der Waals surface area contributed by atoms with Gasteiger partial charge in [0.05, 0.1) is 5.52 Å². The number of carbonyl (C=O) groups is 2. The summed E-state index contributed by atoms with van der Waals surface area (Å²) in [4.78, 5) is 20.9. The van der Waals surface area contributed by atoms with Crippen LogP contribution in [0.4, 0.5) is 0 Å². The summed E-state index contributed by atoms with van der Waals surface area (Å²) >= 11 is 0. The van der Waals surface area contributed by atoms with Crippen molar-refractivity contribution in [2.24, 2.45) is 0 Å². The molecule has 4 nitrogen and oxygen atoms in total. The minimum atomic E-state index is 0.437. The summed E-state index contributed by atoms with van der Waals surface area (Å²) in [5, 5.41) is 7.20. The predicted octanol–water partition coefficient (Wildman–Crippen LogP) is 1.19. The fourth-order valence-electron chi connectivity index (χ4n) is 1.21. The number of benzene rings is 1. The maximum atomic E-state index is 10.5. The highest BCUT2D eigenvalue weighted by molar-refractivity contribution is 5.96. The number of nitrogens with one attached hydrogen (secondary N) is 1. The first kappa shape index (κ1) is 7.67. The van der Waals surface area contributed by atoms with E-state index in [2.05, 4.69) is 10.2 Å². The number of nitrogens with zero attached hydrogens (tertiary/aromatic N) is 1. The van der Waals surface area contributed by atoms with Crippen molar-refractivity contribution in [3.8, 4) is 0 Å². The molecule has 0 saturated carbocycles. The molecule has 1 aromatic carbocycles. The second-order valence-corrected chi connectivity index (χ2v) is 2.65. The molecule has 4 heteroatoms. The van der Waals surface area contributed by atoms with Crippen LogP contribution in [0.3, 0.4) is 0 Å². The van der Waals surface area contributed by atoms with Crippen molar-refractivity contribution < 1.29 is 9.59 Å². The number of hydrogen-bond donors (Lipinski definition) is 1. The number of H-pyrrole nitrogens is 1. The van der Waals surface area contributed by atoms with Crippen molar-refractivity contribution in [2.45, 2.75) is 0 Å². The maximum Gasteiger partial charge on any atom is 0.168 e. The molecule has 64 valence electrons. The molecule has 0 unspecified atom stereocenters. The zero-order chi connectivity index (χ0) is 9.26. The molecule has 0 bridgehead atoms. The lowest BCUT2D eigenvalue weighted by atomic mass is 10.1. The Hall–Kier alpha value is -1.97. The largest absolute Gasteiger partial charge is 0.298 e. The Bertz CT molecular complexity index is 473. The Balaban J connectivity index is 2.74. The van der Waals surface area contributed by atoms with Crippen molar-refractivity contribution >= 4 is 23.5 Å². The van der Waals surface area contributed by atoms with E-state index < -0.39 is 0 Å². The van der Waals surface area contributed by atoms with Crippen LogP contribution in [0.15, 0.2) is 18.2 Å². The van der Waals surface area contributed by atoms with Crippen LogP contribution in [-0.2, 0) is 0 Å². The molecule has 0 aliphatic heterocycles. The average molecular weight is 174 g/mol. The van der Waals surface area contributed by atoms with Gasteiger partial charge in [0.1, 0.15) is 12.0 Å². The number of carbonyl (C=O) groups excluding carboxylic acids is 2. The standard InChI is InChI=1S/C9H6N2O2/c12-4-6-1-2-7-8(3-6)10-11-9(7)5-13/h1-5H,(H,10,11). The van der Waals surface area contributed by atoms with Crippen LogP contribution in [0.2, 0.25) is 0 Å². The third-order valence-corrected chi connectivity index (χ3v) is 1.86. The molecule has 0 fully saturated rings. The highest BCUT2D eigenvalue weighted by atomic mass is 16.1. The topological polar surface area (TPSA) is 62.8 Å². The fraction of sp³-hybridized carbons (Fsp3) is 0. The van der Waals surface area contributed by atoms with Gasteiger partial charge in [0.25, 0.3) is 0 Å². The molecular formula is C9H6N2O2. The van der Waals surface area contributed by atoms with Crippen LogP contribution >= 0.6 is 0 Å². The lowest BCUT2D eigenvalue weighted by Crippen LogP contribution is -1.80. The highest BCUT2D eigenvalue weighted by Gasteiger charge is 2.03. The van der Waals surface area contributed by atoms with Crippen LogP contribution in [0, 0.1) is 0 Å². The van der Waals surface area contributed by atoms with Gasteiger partial charge in [0.2, 0.25) is 0 Å². The van der Waals surface area contributed by atoms with E-state index in [0.717, 1.165) is 11.7 Å². The normalized spacial score (nSPS) is 10.2. The Labute approximate surface area is 73.6 Å². The Kier molecular flexibility index (Phi) is 1.66. The van der Waals surface area contributed by atoms with E-state index in [4.69, 9.17) is 0 Å². The van der Waals surface area contributed by atoms with Gasteiger partial charge in [0, 0.05) is 10.9 Å². The second-order valence-electron chi connectivity index (χ2n) is 2.65. The summed E-state index contributed by atoms with van der Waals surface area (Å²) < 4.78 is 0. The number of fused-ring (bicyclic) bond motifs is 1. The van der Waals surface area contributed by atoms with Crippen LogP contribution in [0.5, 0.6) is 0 Å². The molecule has 0 atom stereocenters. The monoisotopic (exact) mass is 174 g/mol. The molecule has 13 heavy (non-hydrogen) atoms. The molecule has 0 amide bonds. The third kappa shape index (κ3) is 1.12.